The fourth-order valence-corrected chi connectivity index (χ4v) is 1.58. The van der Waals surface area contributed by atoms with Gasteiger partial charge in [-0.1, -0.05) is 6.42 Å². The molecule has 1 N–H and O–H groups in total. The number of carbonyl (C=O) groups excluding carboxylic acids is 2. The lowest BCUT2D eigenvalue weighted by Gasteiger charge is -2.28. The minimum Gasteiger partial charge on any atom is -0.469 e. The summed E-state index contributed by atoms with van der Waals surface area (Å²) in [5.41, 5.74) is -0.844. The summed E-state index contributed by atoms with van der Waals surface area (Å²) in [6.07, 6.45) is 2.39. The minimum absolute atomic E-state index is 0.196. The standard InChI is InChI=1S/C14H27NO4/c1-13(2,3)19-12(17)15-14(4,5)10-8-7-9-11(16)18-6/h7-10H2,1-6H3,(H,15,17). The zero-order valence-corrected chi connectivity index (χ0v) is 13.0. The van der Waals surface area contributed by atoms with Gasteiger partial charge in [0.15, 0.2) is 0 Å². The number of rotatable bonds is 6. The largest absolute Gasteiger partial charge is 0.469 e. The summed E-state index contributed by atoms with van der Waals surface area (Å²) in [5.74, 6) is -0.196. The maximum atomic E-state index is 11.7. The molecule has 0 spiro atoms. The Morgan fingerprint density at radius 3 is 2.11 bits per heavy atom. The topological polar surface area (TPSA) is 64.6 Å². The molecule has 0 radical (unpaired) electrons. The number of alkyl carbamates (subject to hydrolysis) is 1. The van der Waals surface area contributed by atoms with Crippen LogP contribution in [0.5, 0.6) is 0 Å². The van der Waals surface area contributed by atoms with Crippen molar-refractivity contribution in [3.8, 4) is 0 Å². The number of carbonyl (C=O) groups is 2. The lowest BCUT2D eigenvalue weighted by atomic mass is 9.97. The van der Waals surface area contributed by atoms with E-state index >= 15 is 0 Å². The molecule has 112 valence electrons. The number of esters is 1. The fraction of sp³-hybridized carbons (Fsp3) is 0.857. The average molecular weight is 273 g/mol. The lowest BCUT2D eigenvalue weighted by Crippen LogP contribution is -2.45. The molecule has 1 amide bonds. The summed E-state index contributed by atoms with van der Waals surface area (Å²) in [4.78, 5) is 22.6. The summed E-state index contributed by atoms with van der Waals surface area (Å²) < 4.78 is 9.78. The molecule has 5 nitrogen and oxygen atoms in total. The number of hydrogen-bond acceptors (Lipinski definition) is 4. The number of amides is 1. The number of unbranched alkanes of at least 4 members (excludes halogenated alkanes) is 1. The van der Waals surface area contributed by atoms with E-state index < -0.39 is 11.7 Å². The summed E-state index contributed by atoms with van der Waals surface area (Å²) >= 11 is 0. The van der Waals surface area contributed by atoms with Crippen molar-refractivity contribution in [1.82, 2.24) is 5.32 Å². The first kappa shape index (κ1) is 17.7. The van der Waals surface area contributed by atoms with Crippen LogP contribution in [0.1, 0.15) is 60.3 Å². The molecule has 0 atom stereocenters. The van der Waals surface area contributed by atoms with Gasteiger partial charge in [-0.3, -0.25) is 4.79 Å². The van der Waals surface area contributed by atoms with Crippen molar-refractivity contribution in [2.24, 2.45) is 0 Å². The molecule has 0 aromatic carbocycles. The highest BCUT2D eigenvalue weighted by molar-refractivity contribution is 5.69. The molecule has 0 saturated carbocycles. The zero-order valence-electron chi connectivity index (χ0n) is 13.0. The van der Waals surface area contributed by atoms with Gasteiger partial charge in [-0.15, -0.1) is 0 Å². The van der Waals surface area contributed by atoms with Crippen molar-refractivity contribution in [3.05, 3.63) is 0 Å². The lowest BCUT2D eigenvalue weighted by molar-refractivity contribution is -0.140. The monoisotopic (exact) mass is 273 g/mol. The summed E-state index contributed by atoms with van der Waals surface area (Å²) in [6.45, 7) is 9.37. The Kier molecular flexibility index (Phi) is 6.87. The summed E-state index contributed by atoms with van der Waals surface area (Å²) in [5, 5.41) is 2.84. The van der Waals surface area contributed by atoms with E-state index in [9.17, 15) is 9.59 Å². The van der Waals surface area contributed by atoms with Crippen LogP contribution < -0.4 is 5.32 Å². The van der Waals surface area contributed by atoms with Gasteiger partial charge in [-0.05, 0) is 47.5 Å². The van der Waals surface area contributed by atoms with Crippen molar-refractivity contribution in [1.29, 1.82) is 0 Å². The third-order valence-corrected chi connectivity index (χ3v) is 2.50. The second kappa shape index (κ2) is 7.36. The van der Waals surface area contributed by atoms with Gasteiger partial charge in [0.1, 0.15) is 5.60 Å². The molecule has 0 bridgehead atoms. The van der Waals surface area contributed by atoms with Crippen LogP contribution in [-0.4, -0.2) is 30.3 Å². The Labute approximate surface area is 116 Å². The predicted octanol–water partition coefficient (Wildman–Crippen LogP) is 3.02. The van der Waals surface area contributed by atoms with Crippen LogP contribution >= 0.6 is 0 Å². The van der Waals surface area contributed by atoms with E-state index in [2.05, 4.69) is 10.1 Å². The molecule has 0 rings (SSSR count). The van der Waals surface area contributed by atoms with Crippen molar-refractivity contribution in [2.45, 2.75) is 71.4 Å². The Morgan fingerprint density at radius 2 is 1.63 bits per heavy atom. The number of methoxy groups -OCH3 is 1. The molecular weight excluding hydrogens is 246 g/mol. The quantitative estimate of drug-likeness (QED) is 0.597. The molecule has 0 aliphatic rings. The van der Waals surface area contributed by atoms with E-state index in [4.69, 9.17) is 4.74 Å². The van der Waals surface area contributed by atoms with E-state index in [1.807, 2.05) is 34.6 Å². The van der Waals surface area contributed by atoms with Crippen LogP contribution in [0.2, 0.25) is 0 Å². The van der Waals surface area contributed by atoms with E-state index in [-0.39, 0.29) is 11.5 Å². The first-order chi connectivity index (χ1) is 8.56. The highest BCUT2D eigenvalue weighted by atomic mass is 16.6. The summed E-state index contributed by atoms with van der Waals surface area (Å²) in [6, 6.07) is 0. The van der Waals surface area contributed by atoms with Crippen molar-refractivity contribution in [2.75, 3.05) is 7.11 Å². The number of ether oxygens (including phenoxy) is 2. The van der Waals surface area contributed by atoms with Crippen molar-refractivity contribution in [3.63, 3.8) is 0 Å². The van der Waals surface area contributed by atoms with E-state index in [1.165, 1.54) is 7.11 Å². The van der Waals surface area contributed by atoms with Gasteiger partial charge < -0.3 is 14.8 Å². The molecule has 5 heteroatoms. The van der Waals surface area contributed by atoms with Crippen LogP contribution in [0.25, 0.3) is 0 Å². The molecule has 0 aliphatic carbocycles. The van der Waals surface area contributed by atoms with Gasteiger partial charge in [0.05, 0.1) is 7.11 Å². The van der Waals surface area contributed by atoms with Crippen molar-refractivity contribution >= 4 is 12.1 Å². The van der Waals surface area contributed by atoms with Gasteiger partial charge in [-0.25, -0.2) is 4.79 Å². The Hall–Kier alpha value is -1.26. The second-order valence-corrected chi connectivity index (χ2v) is 6.29. The fourth-order valence-electron chi connectivity index (χ4n) is 1.58. The molecule has 0 unspecified atom stereocenters. The number of nitrogens with one attached hydrogen (secondary N) is 1. The Balaban J connectivity index is 3.98. The maximum absolute atomic E-state index is 11.7. The van der Waals surface area contributed by atoms with E-state index in [1.54, 1.807) is 0 Å². The predicted molar refractivity (Wildman–Crippen MR) is 73.9 cm³/mol. The Morgan fingerprint density at radius 1 is 1.05 bits per heavy atom. The third-order valence-electron chi connectivity index (χ3n) is 2.50. The second-order valence-electron chi connectivity index (χ2n) is 6.29. The van der Waals surface area contributed by atoms with Gasteiger partial charge >= 0.3 is 12.1 Å². The minimum atomic E-state index is -0.495. The molecule has 0 saturated heterocycles. The van der Waals surface area contributed by atoms with Gasteiger partial charge in [0.25, 0.3) is 0 Å². The molecule has 0 heterocycles. The number of hydrogen-bond donors (Lipinski definition) is 1. The molecule has 0 aromatic heterocycles. The van der Waals surface area contributed by atoms with Crippen LogP contribution in [0.15, 0.2) is 0 Å². The van der Waals surface area contributed by atoms with Crippen LogP contribution in [0.3, 0.4) is 0 Å². The molecule has 19 heavy (non-hydrogen) atoms. The molecular formula is C14H27NO4. The van der Waals surface area contributed by atoms with Gasteiger partial charge in [0, 0.05) is 12.0 Å². The highest BCUT2D eigenvalue weighted by Gasteiger charge is 2.24. The van der Waals surface area contributed by atoms with E-state index in [0.717, 1.165) is 19.3 Å². The SMILES string of the molecule is COC(=O)CCCCC(C)(C)NC(=O)OC(C)(C)C. The maximum Gasteiger partial charge on any atom is 0.408 e. The molecule has 0 aliphatic heterocycles. The smallest absolute Gasteiger partial charge is 0.408 e. The van der Waals surface area contributed by atoms with Gasteiger partial charge in [0.2, 0.25) is 0 Å². The van der Waals surface area contributed by atoms with E-state index in [0.29, 0.717) is 6.42 Å². The normalized spacial score (nSPS) is 11.9. The van der Waals surface area contributed by atoms with Crippen molar-refractivity contribution < 1.29 is 19.1 Å². The Bertz CT molecular complexity index is 305. The van der Waals surface area contributed by atoms with Crippen LogP contribution in [-0.2, 0) is 14.3 Å². The molecule has 0 fully saturated rings. The zero-order chi connectivity index (χ0) is 15.1. The third kappa shape index (κ3) is 10.4. The summed E-state index contributed by atoms with van der Waals surface area (Å²) in [7, 11) is 1.39. The van der Waals surface area contributed by atoms with Crippen LogP contribution in [0.4, 0.5) is 4.79 Å². The highest BCUT2D eigenvalue weighted by Crippen LogP contribution is 2.16. The molecule has 0 aromatic rings. The first-order valence-corrected chi connectivity index (χ1v) is 6.64. The average Bonchev–Trinajstić information content (AvgIpc) is 2.20. The van der Waals surface area contributed by atoms with Gasteiger partial charge in [-0.2, -0.15) is 0 Å². The first-order valence-electron chi connectivity index (χ1n) is 6.64. The van der Waals surface area contributed by atoms with Crippen LogP contribution in [0, 0.1) is 0 Å².